The van der Waals surface area contributed by atoms with Crippen molar-refractivity contribution in [1.82, 2.24) is 4.31 Å². The first-order valence-corrected chi connectivity index (χ1v) is 8.81. The molecule has 1 rings (SSSR count). The first-order chi connectivity index (χ1) is 10.3. The lowest BCUT2D eigenvalue weighted by atomic mass is 10.00. The summed E-state index contributed by atoms with van der Waals surface area (Å²) in [6.45, 7) is 9.30. The Labute approximate surface area is 136 Å². The number of carbonyl (C=O) groups excluding carboxylic acids is 1. The molecule has 4 nitrogen and oxygen atoms in total. The average Bonchev–Trinajstić information content (AvgIpc) is 2.36. The zero-order valence-electron chi connectivity index (χ0n) is 14.2. The molecule has 0 radical (unpaired) electrons. The van der Waals surface area contributed by atoms with E-state index in [9.17, 15) is 22.0 Å². The smallest absolute Gasteiger partial charge is 0.227 e. The molecule has 130 valence electrons. The van der Waals surface area contributed by atoms with Crippen molar-refractivity contribution in [2.45, 2.75) is 58.4 Å². The van der Waals surface area contributed by atoms with Crippen molar-refractivity contribution >= 4 is 15.8 Å². The molecule has 0 spiro atoms. The second kappa shape index (κ2) is 6.65. The molecule has 23 heavy (non-hydrogen) atoms. The molecule has 1 aromatic rings. The predicted molar refractivity (Wildman–Crippen MR) is 85.8 cm³/mol. The minimum atomic E-state index is -4.05. The highest BCUT2D eigenvalue weighted by molar-refractivity contribution is 7.91. The van der Waals surface area contributed by atoms with Gasteiger partial charge in [0.1, 0.15) is 16.4 Å². The van der Waals surface area contributed by atoms with Crippen molar-refractivity contribution in [2.24, 2.45) is 0 Å². The number of rotatable bonds is 6. The molecule has 7 heteroatoms. The summed E-state index contributed by atoms with van der Waals surface area (Å²) in [6.07, 6.45) is 0. The van der Waals surface area contributed by atoms with Crippen LogP contribution in [0.2, 0.25) is 0 Å². The monoisotopic (exact) mass is 347 g/mol. The lowest BCUT2D eigenvalue weighted by molar-refractivity contribution is 0.0944. The van der Waals surface area contributed by atoms with Crippen molar-refractivity contribution < 1.29 is 22.0 Å². The van der Waals surface area contributed by atoms with Crippen LogP contribution in [0.25, 0.3) is 0 Å². The van der Waals surface area contributed by atoms with E-state index < -0.39 is 37.8 Å². The summed E-state index contributed by atoms with van der Waals surface area (Å²) in [5, 5.41) is 0. The van der Waals surface area contributed by atoms with Crippen molar-refractivity contribution in [3.8, 4) is 0 Å². The second-order valence-electron chi connectivity index (χ2n) is 6.49. The van der Waals surface area contributed by atoms with Gasteiger partial charge in [-0.25, -0.2) is 17.2 Å². The number of nitrogens with zero attached hydrogens (tertiary/aromatic N) is 1. The van der Waals surface area contributed by atoms with E-state index in [2.05, 4.69) is 0 Å². The minimum Gasteiger partial charge on any atom is -0.292 e. The van der Waals surface area contributed by atoms with E-state index in [4.69, 9.17) is 0 Å². The Morgan fingerprint density at radius 1 is 1.09 bits per heavy atom. The molecule has 0 unspecified atom stereocenters. The van der Waals surface area contributed by atoms with Crippen LogP contribution in [0.1, 0.15) is 51.9 Å². The Morgan fingerprint density at radius 2 is 1.57 bits per heavy atom. The van der Waals surface area contributed by atoms with E-state index in [1.54, 1.807) is 27.7 Å². The summed E-state index contributed by atoms with van der Waals surface area (Å²) >= 11 is 0. The molecule has 0 heterocycles. The lowest BCUT2D eigenvalue weighted by Crippen LogP contribution is -2.54. The zero-order chi connectivity index (χ0) is 18.2. The summed E-state index contributed by atoms with van der Waals surface area (Å²) in [4.78, 5) is 12.6. The maximum Gasteiger partial charge on any atom is 0.227 e. The number of Topliss-reactive ketones (excluding diaryl/α,β-unsaturated/α-hetero) is 1. The van der Waals surface area contributed by atoms with Gasteiger partial charge in [0.05, 0.1) is 5.56 Å². The molecule has 1 aromatic carbocycles. The van der Waals surface area contributed by atoms with Crippen molar-refractivity contribution in [2.75, 3.05) is 0 Å². The Hall–Kier alpha value is -1.34. The van der Waals surface area contributed by atoms with Gasteiger partial charge in [-0.2, -0.15) is 4.31 Å². The fourth-order valence-corrected chi connectivity index (χ4v) is 4.51. The average molecular weight is 347 g/mol. The predicted octanol–water partition coefficient (Wildman–Crippen LogP) is 3.37. The molecule has 0 amide bonds. The molecule has 0 fully saturated rings. The highest BCUT2D eigenvalue weighted by Crippen LogP contribution is 2.29. The number of benzene rings is 1. The molecule has 0 aliphatic carbocycles. The van der Waals surface area contributed by atoms with Gasteiger partial charge in [0, 0.05) is 18.2 Å². The van der Waals surface area contributed by atoms with Gasteiger partial charge in [-0.3, -0.25) is 4.79 Å². The third kappa shape index (κ3) is 3.61. The Balaban J connectivity index is 3.41. The maximum absolute atomic E-state index is 13.9. The van der Waals surface area contributed by atoms with Gasteiger partial charge in [0.25, 0.3) is 0 Å². The molecule has 0 bridgehead atoms. The Bertz CT molecular complexity index is 689. The van der Waals surface area contributed by atoms with Gasteiger partial charge >= 0.3 is 0 Å². The van der Waals surface area contributed by atoms with Gasteiger partial charge in [-0.05, 0) is 53.7 Å². The van der Waals surface area contributed by atoms with Gasteiger partial charge in [-0.1, -0.05) is 0 Å². The third-order valence-electron chi connectivity index (χ3n) is 3.66. The van der Waals surface area contributed by atoms with Crippen LogP contribution >= 0.6 is 0 Å². The number of halogens is 2. The van der Waals surface area contributed by atoms with Crippen LogP contribution in [0, 0.1) is 11.6 Å². The van der Waals surface area contributed by atoms with Crippen LogP contribution < -0.4 is 0 Å². The number of hydrogen-bond donors (Lipinski definition) is 0. The van der Waals surface area contributed by atoms with Crippen LogP contribution in [0.3, 0.4) is 0 Å². The van der Waals surface area contributed by atoms with E-state index in [1.807, 2.05) is 0 Å². The summed E-state index contributed by atoms with van der Waals surface area (Å²) in [5.74, 6) is -2.80. The van der Waals surface area contributed by atoms with E-state index in [0.717, 1.165) is 12.1 Å². The first kappa shape index (κ1) is 19.7. The van der Waals surface area contributed by atoms with Gasteiger partial charge in [-0.15, -0.1) is 0 Å². The largest absolute Gasteiger partial charge is 0.292 e. The molecule has 0 atom stereocenters. The van der Waals surface area contributed by atoms with Crippen molar-refractivity contribution in [3.63, 3.8) is 0 Å². The molecule has 0 saturated heterocycles. The van der Waals surface area contributed by atoms with Crippen molar-refractivity contribution in [3.05, 3.63) is 35.4 Å². The molecular formula is C16H23F2NO3S. The number of ketones is 1. The second-order valence-corrected chi connectivity index (χ2v) is 8.88. The molecule has 0 saturated carbocycles. The number of carbonyl (C=O) groups is 1. The highest BCUT2D eigenvalue weighted by Gasteiger charge is 2.47. The van der Waals surface area contributed by atoms with Gasteiger partial charge in [0.15, 0.2) is 5.78 Å². The SMILES string of the molecule is CC(C)N(C(C)C)S(=O)(=O)C(C)(C)C(=O)c1ccc(F)cc1F. The van der Waals surface area contributed by atoms with Crippen molar-refractivity contribution in [1.29, 1.82) is 0 Å². The van der Waals surface area contributed by atoms with Crippen LogP contribution in [0.15, 0.2) is 18.2 Å². The Kier molecular flexibility index (Phi) is 5.70. The quantitative estimate of drug-likeness (QED) is 0.741. The Morgan fingerprint density at radius 3 is 1.96 bits per heavy atom. The molecule has 0 N–H and O–H groups in total. The zero-order valence-corrected chi connectivity index (χ0v) is 15.0. The van der Waals surface area contributed by atoms with E-state index >= 15 is 0 Å². The summed E-state index contributed by atoms with van der Waals surface area (Å²) < 4.78 is 52.1. The van der Waals surface area contributed by atoms with Crippen LogP contribution in [-0.2, 0) is 10.0 Å². The molecule has 0 aromatic heterocycles. The lowest BCUT2D eigenvalue weighted by Gasteiger charge is -2.36. The van der Waals surface area contributed by atoms with Crippen LogP contribution in [-0.4, -0.2) is 35.3 Å². The topological polar surface area (TPSA) is 54.5 Å². The molecular weight excluding hydrogens is 324 g/mol. The number of hydrogen-bond acceptors (Lipinski definition) is 3. The maximum atomic E-state index is 13.9. The first-order valence-electron chi connectivity index (χ1n) is 7.37. The summed E-state index contributed by atoms with van der Waals surface area (Å²) in [5.41, 5.74) is -0.438. The minimum absolute atomic E-state index is 0.356. The highest BCUT2D eigenvalue weighted by atomic mass is 32.2. The molecule has 0 aliphatic rings. The molecule has 0 aliphatic heterocycles. The van der Waals surface area contributed by atoms with Gasteiger partial charge < -0.3 is 0 Å². The van der Waals surface area contributed by atoms with Crippen LogP contribution in [0.5, 0.6) is 0 Å². The summed E-state index contributed by atoms with van der Waals surface area (Å²) in [7, 11) is -4.05. The fraction of sp³-hybridized carbons (Fsp3) is 0.562. The standard InChI is InChI=1S/C16H23F2NO3S/c1-10(2)19(11(3)4)23(21,22)16(5,6)15(20)13-8-7-12(17)9-14(13)18/h7-11H,1-6H3. The third-order valence-corrected chi connectivity index (χ3v) is 6.54. The van der Waals surface area contributed by atoms with E-state index in [1.165, 1.54) is 18.2 Å². The normalized spacial score (nSPS) is 13.2. The van der Waals surface area contributed by atoms with E-state index in [-0.39, 0.29) is 12.1 Å². The van der Waals surface area contributed by atoms with Gasteiger partial charge in [0.2, 0.25) is 10.0 Å². The van der Waals surface area contributed by atoms with E-state index in [0.29, 0.717) is 6.07 Å². The van der Waals surface area contributed by atoms with Crippen LogP contribution in [0.4, 0.5) is 8.78 Å². The fourth-order valence-electron chi connectivity index (χ4n) is 2.53. The number of sulfonamides is 1. The summed E-state index contributed by atoms with van der Waals surface area (Å²) in [6, 6.07) is 1.76.